The Balaban J connectivity index is 2.72. The number of hydrogen-bond donors (Lipinski definition) is 2. The third kappa shape index (κ3) is 4.49. The van der Waals surface area contributed by atoms with Gasteiger partial charge in [-0.1, -0.05) is 12.1 Å². The van der Waals surface area contributed by atoms with E-state index in [9.17, 15) is 14.3 Å². The lowest BCUT2D eigenvalue weighted by Gasteiger charge is -2.28. The van der Waals surface area contributed by atoms with Crippen LogP contribution >= 0.6 is 11.8 Å². The molecule has 0 aliphatic carbocycles. The first-order valence-electron chi connectivity index (χ1n) is 6.45. The summed E-state index contributed by atoms with van der Waals surface area (Å²) in [7, 11) is 0. The highest BCUT2D eigenvalue weighted by molar-refractivity contribution is 7.98. The zero-order valence-electron chi connectivity index (χ0n) is 12.4. The minimum absolute atomic E-state index is 0.189. The van der Waals surface area contributed by atoms with E-state index in [0.717, 1.165) is 5.56 Å². The van der Waals surface area contributed by atoms with Crippen LogP contribution in [0.25, 0.3) is 0 Å². The van der Waals surface area contributed by atoms with Crippen LogP contribution in [0.15, 0.2) is 24.3 Å². The highest BCUT2D eigenvalue weighted by Gasteiger charge is 2.31. The van der Waals surface area contributed by atoms with Crippen molar-refractivity contribution in [3.8, 4) is 0 Å². The molecule has 0 fully saturated rings. The van der Waals surface area contributed by atoms with Gasteiger partial charge in [0, 0.05) is 12.3 Å². The van der Waals surface area contributed by atoms with Crippen molar-refractivity contribution < 1.29 is 14.3 Å². The molecule has 0 saturated heterocycles. The summed E-state index contributed by atoms with van der Waals surface area (Å²) in [5, 5.41) is 12.8. The number of halogens is 1. The number of carbonyl (C=O) groups excluding carboxylic acids is 1. The zero-order valence-corrected chi connectivity index (χ0v) is 13.2. The van der Waals surface area contributed by atoms with E-state index >= 15 is 0 Å². The van der Waals surface area contributed by atoms with E-state index in [1.54, 1.807) is 32.9 Å². The average Bonchev–Trinajstić information content (AvgIpc) is 2.36. The number of thioether (sulfide) groups is 1. The fraction of sp³-hybridized carbons (Fsp3) is 0.533. The predicted molar refractivity (Wildman–Crippen MR) is 81.4 cm³/mol. The normalized spacial score (nSPS) is 14.7. The fourth-order valence-electron chi connectivity index (χ4n) is 1.85. The molecule has 1 unspecified atom stereocenters. The van der Waals surface area contributed by atoms with Gasteiger partial charge in [-0.25, -0.2) is 4.39 Å². The highest BCUT2D eigenvalue weighted by Crippen LogP contribution is 2.24. The molecule has 1 atom stereocenters. The quantitative estimate of drug-likeness (QED) is 0.847. The molecule has 0 aromatic heterocycles. The average molecular weight is 299 g/mol. The van der Waals surface area contributed by atoms with E-state index in [1.807, 2.05) is 6.26 Å². The summed E-state index contributed by atoms with van der Waals surface area (Å²) in [4.78, 5) is 12.3. The molecule has 5 heteroatoms. The zero-order chi connectivity index (χ0) is 15.4. The number of carbonyl (C=O) groups is 1. The van der Waals surface area contributed by atoms with Gasteiger partial charge in [-0.2, -0.15) is 11.8 Å². The molecule has 0 radical (unpaired) electrons. The van der Waals surface area contributed by atoms with Crippen LogP contribution in [-0.2, 0) is 10.2 Å². The van der Waals surface area contributed by atoms with Crippen molar-refractivity contribution in [2.24, 2.45) is 0 Å². The van der Waals surface area contributed by atoms with Crippen molar-refractivity contribution in [2.45, 2.75) is 31.8 Å². The molecule has 20 heavy (non-hydrogen) atoms. The van der Waals surface area contributed by atoms with Crippen LogP contribution < -0.4 is 5.32 Å². The Bertz CT molecular complexity index is 457. The summed E-state index contributed by atoms with van der Waals surface area (Å²) in [6, 6.07) is 5.90. The van der Waals surface area contributed by atoms with Crippen LogP contribution in [0, 0.1) is 5.82 Å². The molecule has 1 amide bonds. The van der Waals surface area contributed by atoms with Crippen LogP contribution in [0.3, 0.4) is 0 Å². The maximum atomic E-state index is 12.9. The van der Waals surface area contributed by atoms with Crippen LogP contribution in [0.5, 0.6) is 0 Å². The molecule has 0 aliphatic heterocycles. The van der Waals surface area contributed by atoms with Gasteiger partial charge in [0.25, 0.3) is 0 Å². The van der Waals surface area contributed by atoms with Gasteiger partial charge in [0.15, 0.2) is 0 Å². The largest absolute Gasteiger partial charge is 0.387 e. The molecule has 0 aliphatic rings. The lowest BCUT2D eigenvalue weighted by atomic mass is 9.83. The molecule has 0 spiro atoms. The van der Waals surface area contributed by atoms with Crippen LogP contribution in [0.1, 0.15) is 26.3 Å². The van der Waals surface area contributed by atoms with Crippen molar-refractivity contribution in [1.82, 2.24) is 5.32 Å². The molecule has 0 bridgehead atoms. The summed E-state index contributed by atoms with van der Waals surface area (Å²) < 4.78 is 12.9. The van der Waals surface area contributed by atoms with Gasteiger partial charge >= 0.3 is 0 Å². The van der Waals surface area contributed by atoms with Crippen molar-refractivity contribution >= 4 is 17.7 Å². The molecule has 2 N–H and O–H groups in total. The Kier molecular flexibility index (Phi) is 5.59. The first-order chi connectivity index (χ1) is 9.19. The first kappa shape index (κ1) is 17.0. The Morgan fingerprint density at radius 1 is 1.30 bits per heavy atom. The standard InChI is InChI=1S/C15H22FNO2S/c1-14(2,11-5-7-12(16)8-6-11)13(18)17-9-15(3,19)10-20-4/h5-8,19H,9-10H2,1-4H3,(H,17,18). The molecule has 0 heterocycles. The Morgan fingerprint density at radius 3 is 2.35 bits per heavy atom. The summed E-state index contributed by atoms with van der Waals surface area (Å²) in [6.45, 7) is 5.43. The Hall–Kier alpha value is -1.07. The maximum Gasteiger partial charge on any atom is 0.230 e. The topological polar surface area (TPSA) is 49.3 Å². The van der Waals surface area contributed by atoms with Crippen LogP contribution in [-0.4, -0.2) is 35.2 Å². The maximum absolute atomic E-state index is 12.9. The van der Waals surface area contributed by atoms with Crippen molar-refractivity contribution in [3.63, 3.8) is 0 Å². The second-order valence-corrected chi connectivity index (χ2v) is 6.61. The summed E-state index contributed by atoms with van der Waals surface area (Å²) in [5.74, 6) is 0.0305. The second kappa shape index (κ2) is 6.59. The number of hydrogen-bond acceptors (Lipinski definition) is 3. The van der Waals surface area contributed by atoms with Crippen molar-refractivity contribution in [3.05, 3.63) is 35.6 Å². The lowest BCUT2D eigenvalue weighted by molar-refractivity contribution is -0.126. The monoisotopic (exact) mass is 299 g/mol. The van der Waals surface area contributed by atoms with E-state index < -0.39 is 11.0 Å². The second-order valence-electron chi connectivity index (χ2n) is 5.74. The van der Waals surface area contributed by atoms with E-state index in [2.05, 4.69) is 5.32 Å². The van der Waals surface area contributed by atoms with Gasteiger partial charge in [-0.15, -0.1) is 0 Å². The molecular weight excluding hydrogens is 277 g/mol. The van der Waals surface area contributed by atoms with E-state index in [0.29, 0.717) is 5.75 Å². The fourth-order valence-corrected chi connectivity index (χ4v) is 2.58. The van der Waals surface area contributed by atoms with Crippen LogP contribution in [0.4, 0.5) is 4.39 Å². The van der Waals surface area contributed by atoms with Crippen LogP contribution in [0.2, 0.25) is 0 Å². The van der Waals surface area contributed by atoms with Gasteiger partial charge in [0.1, 0.15) is 5.82 Å². The van der Waals surface area contributed by atoms with Crippen molar-refractivity contribution in [1.29, 1.82) is 0 Å². The smallest absolute Gasteiger partial charge is 0.230 e. The summed E-state index contributed by atoms with van der Waals surface area (Å²) in [5.41, 5.74) is -0.974. The minimum Gasteiger partial charge on any atom is -0.387 e. The first-order valence-corrected chi connectivity index (χ1v) is 7.84. The number of nitrogens with one attached hydrogen (secondary N) is 1. The van der Waals surface area contributed by atoms with Crippen molar-refractivity contribution in [2.75, 3.05) is 18.6 Å². The molecule has 1 aromatic rings. The van der Waals surface area contributed by atoms with E-state index in [-0.39, 0.29) is 18.3 Å². The molecule has 0 saturated carbocycles. The highest BCUT2D eigenvalue weighted by atomic mass is 32.2. The minimum atomic E-state index is -0.937. The lowest BCUT2D eigenvalue weighted by Crippen LogP contribution is -2.48. The number of rotatable bonds is 6. The third-order valence-corrected chi connectivity index (χ3v) is 4.13. The molecule has 112 valence electrons. The van der Waals surface area contributed by atoms with Gasteiger partial charge in [0.05, 0.1) is 11.0 Å². The molecule has 3 nitrogen and oxygen atoms in total. The van der Waals surface area contributed by atoms with Gasteiger partial charge < -0.3 is 10.4 Å². The number of aliphatic hydroxyl groups is 1. The molecular formula is C15H22FNO2S. The van der Waals surface area contributed by atoms with E-state index in [4.69, 9.17) is 0 Å². The predicted octanol–water partition coefficient (Wildman–Crippen LogP) is 2.33. The van der Waals surface area contributed by atoms with Gasteiger partial charge in [-0.3, -0.25) is 4.79 Å². The molecule has 1 aromatic carbocycles. The van der Waals surface area contributed by atoms with Gasteiger partial charge in [0.2, 0.25) is 5.91 Å². The number of benzene rings is 1. The van der Waals surface area contributed by atoms with Gasteiger partial charge in [-0.05, 0) is 44.7 Å². The SMILES string of the molecule is CSCC(C)(O)CNC(=O)C(C)(C)c1ccc(F)cc1. The Labute approximate surface area is 124 Å². The number of amides is 1. The third-order valence-electron chi connectivity index (χ3n) is 3.22. The molecule has 1 rings (SSSR count). The summed E-state index contributed by atoms with van der Waals surface area (Å²) >= 11 is 1.52. The van der Waals surface area contributed by atoms with E-state index in [1.165, 1.54) is 23.9 Å². The Morgan fingerprint density at radius 2 is 1.85 bits per heavy atom. The summed E-state index contributed by atoms with van der Waals surface area (Å²) in [6.07, 6.45) is 1.90.